The SMILES string of the molecule is CCCCn1c(SCC(=O)Nc2ccc3c(c2)CCC3)nc2c(sc3ncccc32)c1=O. The molecule has 1 aliphatic rings. The number of carbonyl (C=O) groups excluding carboxylic acids is 1. The van der Waals surface area contributed by atoms with Crippen molar-refractivity contribution >= 4 is 55.1 Å². The molecule has 0 spiro atoms. The average molecular weight is 465 g/mol. The number of benzene rings is 1. The average Bonchev–Trinajstić information content (AvgIpc) is 3.41. The molecule has 1 amide bonds. The monoisotopic (exact) mass is 464 g/mol. The highest BCUT2D eigenvalue weighted by Crippen LogP contribution is 2.31. The highest BCUT2D eigenvalue weighted by molar-refractivity contribution is 7.99. The molecule has 0 aliphatic heterocycles. The van der Waals surface area contributed by atoms with Crippen LogP contribution in [0.25, 0.3) is 20.4 Å². The zero-order chi connectivity index (χ0) is 22.1. The van der Waals surface area contributed by atoms with Crippen molar-refractivity contribution < 1.29 is 4.79 Å². The van der Waals surface area contributed by atoms with Crippen molar-refractivity contribution in [2.45, 2.75) is 50.7 Å². The van der Waals surface area contributed by atoms with Crippen LogP contribution in [0.2, 0.25) is 0 Å². The minimum absolute atomic E-state index is 0.0482. The van der Waals surface area contributed by atoms with Gasteiger partial charge in [0.05, 0.1) is 11.3 Å². The zero-order valence-electron chi connectivity index (χ0n) is 17.9. The molecule has 0 unspecified atom stereocenters. The van der Waals surface area contributed by atoms with Crippen LogP contribution in [0.4, 0.5) is 5.69 Å². The van der Waals surface area contributed by atoms with Crippen molar-refractivity contribution in [3.63, 3.8) is 0 Å². The molecule has 1 aliphatic carbocycles. The number of amides is 1. The summed E-state index contributed by atoms with van der Waals surface area (Å²) < 4.78 is 2.34. The van der Waals surface area contributed by atoms with E-state index in [0.29, 0.717) is 21.9 Å². The molecular formula is C24H24N4O2S2. The van der Waals surface area contributed by atoms with Crippen molar-refractivity contribution in [1.82, 2.24) is 14.5 Å². The molecule has 3 heterocycles. The number of thiophene rings is 1. The third-order valence-electron chi connectivity index (χ3n) is 5.77. The molecule has 164 valence electrons. The fourth-order valence-electron chi connectivity index (χ4n) is 4.14. The summed E-state index contributed by atoms with van der Waals surface area (Å²) in [6.07, 6.45) is 6.96. The molecule has 0 saturated heterocycles. The van der Waals surface area contributed by atoms with E-state index in [1.165, 1.54) is 40.6 Å². The predicted octanol–water partition coefficient (Wildman–Crippen LogP) is 5.03. The van der Waals surface area contributed by atoms with Gasteiger partial charge in [0, 0.05) is 23.8 Å². The van der Waals surface area contributed by atoms with Crippen molar-refractivity contribution in [3.8, 4) is 0 Å². The second kappa shape index (κ2) is 9.03. The van der Waals surface area contributed by atoms with Crippen molar-refractivity contribution in [2.24, 2.45) is 0 Å². The maximum Gasteiger partial charge on any atom is 0.272 e. The molecule has 0 saturated carbocycles. The number of nitrogens with zero attached hydrogens (tertiary/aromatic N) is 3. The Morgan fingerprint density at radius 3 is 3.00 bits per heavy atom. The molecule has 4 aromatic rings. The van der Waals surface area contributed by atoms with Crippen molar-refractivity contribution in [1.29, 1.82) is 0 Å². The molecule has 3 aromatic heterocycles. The van der Waals surface area contributed by atoms with Gasteiger partial charge in [0.25, 0.3) is 5.56 Å². The van der Waals surface area contributed by atoms with Crippen LogP contribution in [0.15, 0.2) is 46.5 Å². The standard InChI is InChI=1S/C24H24N4O2S2/c1-2-3-12-28-23(30)21-20(18-8-5-11-25-22(18)32-21)27-24(28)31-14-19(29)26-17-10-9-15-6-4-7-16(15)13-17/h5,8-11,13H,2-4,6-7,12,14H2,1H3,(H,26,29). The molecule has 32 heavy (non-hydrogen) atoms. The summed E-state index contributed by atoms with van der Waals surface area (Å²) >= 11 is 2.70. The molecule has 8 heteroatoms. The van der Waals surface area contributed by atoms with Gasteiger partial charge < -0.3 is 5.32 Å². The Balaban J connectivity index is 1.41. The first kappa shape index (κ1) is 21.2. The molecule has 5 rings (SSSR count). The maximum atomic E-state index is 13.3. The van der Waals surface area contributed by atoms with Gasteiger partial charge in [0.1, 0.15) is 9.53 Å². The Morgan fingerprint density at radius 1 is 1.25 bits per heavy atom. The van der Waals surface area contributed by atoms with E-state index < -0.39 is 0 Å². The second-order valence-electron chi connectivity index (χ2n) is 8.01. The number of anilines is 1. The zero-order valence-corrected chi connectivity index (χ0v) is 19.5. The highest BCUT2D eigenvalue weighted by atomic mass is 32.2. The van der Waals surface area contributed by atoms with Gasteiger partial charge in [-0.05, 0) is 61.1 Å². The van der Waals surface area contributed by atoms with Crippen LogP contribution in [-0.4, -0.2) is 26.2 Å². The van der Waals surface area contributed by atoms with Gasteiger partial charge in [-0.2, -0.15) is 0 Å². The highest BCUT2D eigenvalue weighted by Gasteiger charge is 2.18. The summed E-state index contributed by atoms with van der Waals surface area (Å²) in [7, 11) is 0. The summed E-state index contributed by atoms with van der Waals surface area (Å²) in [5.74, 6) is 0.0998. The number of pyridine rings is 1. The van der Waals surface area contributed by atoms with Crippen LogP contribution in [-0.2, 0) is 24.2 Å². The minimum atomic E-state index is -0.0961. The van der Waals surface area contributed by atoms with Crippen molar-refractivity contribution in [2.75, 3.05) is 11.1 Å². The van der Waals surface area contributed by atoms with Crippen LogP contribution in [0.5, 0.6) is 0 Å². The molecular weight excluding hydrogens is 440 g/mol. The van der Waals surface area contributed by atoms with E-state index in [4.69, 9.17) is 4.98 Å². The lowest BCUT2D eigenvalue weighted by atomic mass is 10.1. The summed E-state index contributed by atoms with van der Waals surface area (Å²) in [5.41, 5.74) is 4.17. The Labute approximate surface area is 194 Å². The number of aromatic nitrogens is 3. The number of fused-ring (bicyclic) bond motifs is 4. The first-order valence-electron chi connectivity index (χ1n) is 11.0. The number of carbonyl (C=O) groups is 1. The summed E-state index contributed by atoms with van der Waals surface area (Å²) in [6.45, 7) is 2.69. The van der Waals surface area contributed by atoms with E-state index in [0.717, 1.165) is 41.6 Å². The quantitative estimate of drug-likeness (QED) is 0.307. The van der Waals surface area contributed by atoms with E-state index in [-0.39, 0.29) is 17.2 Å². The lowest BCUT2D eigenvalue weighted by Gasteiger charge is -2.12. The Bertz CT molecular complexity index is 1380. The second-order valence-corrected chi connectivity index (χ2v) is 9.96. The van der Waals surface area contributed by atoms with Crippen LogP contribution in [0.1, 0.15) is 37.3 Å². The van der Waals surface area contributed by atoms with E-state index >= 15 is 0 Å². The van der Waals surface area contributed by atoms with Crippen LogP contribution < -0.4 is 10.9 Å². The number of unbranched alkanes of at least 4 members (excludes halogenated alkanes) is 1. The number of hydrogen-bond donors (Lipinski definition) is 1. The van der Waals surface area contributed by atoms with E-state index in [1.807, 2.05) is 18.2 Å². The van der Waals surface area contributed by atoms with E-state index in [9.17, 15) is 9.59 Å². The van der Waals surface area contributed by atoms with Crippen LogP contribution in [0.3, 0.4) is 0 Å². The molecule has 0 fully saturated rings. The Kier molecular flexibility index (Phi) is 5.97. The fourth-order valence-corrected chi connectivity index (χ4v) is 5.99. The van der Waals surface area contributed by atoms with Gasteiger partial charge in [-0.1, -0.05) is 31.2 Å². The smallest absolute Gasteiger partial charge is 0.272 e. The maximum absolute atomic E-state index is 13.3. The number of nitrogens with one attached hydrogen (secondary N) is 1. The molecule has 0 bridgehead atoms. The van der Waals surface area contributed by atoms with Crippen molar-refractivity contribution in [3.05, 3.63) is 58.0 Å². The third-order valence-corrected chi connectivity index (χ3v) is 7.83. The number of hydrogen-bond acceptors (Lipinski definition) is 6. The van der Waals surface area contributed by atoms with Gasteiger partial charge in [0.15, 0.2) is 5.16 Å². The van der Waals surface area contributed by atoms with E-state index in [1.54, 1.807) is 10.8 Å². The predicted molar refractivity (Wildman–Crippen MR) is 132 cm³/mol. The largest absolute Gasteiger partial charge is 0.325 e. The Hall–Kier alpha value is -2.71. The Morgan fingerprint density at radius 2 is 2.12 bits per heavy atom. The van der Waals surface area contributed by atoms with Gasteiger partial charge in [-0.15, -0.1) is 11.3 Å². The minimum Gasteiger partial charge on any atom is -0.325 e. The molecule has 0 atom stereocenters. The number of rotatable bonds is 7. The molecule has 6 nitrogen and oxygen atoms in total. The molecule has 0 radical (unpaired) electrons. The molecule has 1 aromatic carbocycles. The lowest BCUT2D eigenvalue weighted by Crippen LogP contribution is -2.23. The number of aryl methyl sites for hydroxylation is 2. The normalized spacial score (nSPS) is 13.0. The summed E-state index contributed by atoms with van der Waals surface area (Å²) in [4.78, 5) is 35.9. The van der Waals surface area contributed by atoms with E-state index in [2.05, 4.69) is 29.4 Å². The molecule has 1 N–H and O–H groups in total. The lowest BCUT2D eigenvalue weighted by molar-refractivity contribution is -0.113. The van der Waals surface area contributed by atoms with Gasteiger partial charge in [0.2, 0.25) is 5.91 Å². The van der Waals surface area contributed by atoms with Crippen LogP contribution in [0, 0.1) is 0 Å². The number of thioether (sulfide) groups is 1. The van der Waals surface area contributed by atoms with Gasteiger partial charge in [-0.3, -0.25) is 14.2 Å². The van der Waals surface area contributed by atoms with Gasteiger partial charge >= 0.3 is 0 Å². The first-order valence-corrected chi connectivity index (χ1v) is 12.8. The third kappa shape index (κ3) is 4.04. The summed E-state index contributed by atoms with van der Waals surface area (Å²) in [6, 6.07) is 9.96. The fraction of sp³-hybridized carbons (Fsp3) is 0.333. The topological polar surface area (TPSA) is 76.9 Å². The van der Waals surface area contributed by atoms with Crippen LogP contribution >= 0.6 is 23.1 Å². The first-order chi connectivity index (χ1) is 15.6. The van der Waals surface area contributed by atoms with Gasteiger partial charge in [-0.25, -0.2) is 9.97 Å². The summed E-state index contributed by atoms with van der Waals surface area (Å²) in [5, 5.41) is 4.47.